The summed E-state index contributed by atoms with van der Waals surface area (Å²) in [5.74, 6) is -1.83. The van der Waals surface area contributed by atoms with Gasteiger partial charge in [0.1, 0.15) is 18.6 Å². The molecule has 16 heteroatoms. The van der Waals surface area contributed by atoms with E-state index in [1.165, 1.54) is 27.7 Å². The fourth-order valence-corrected chi connectivity index (χ4v) is 8.85. The first-order valence-corrected chi connectivity index (χ1v) is 16.0. The Labute approximate surface area is 253 Å². The number of carbonyl (C=O) groups is 4. The Hall–Kier alpha value is -3.08. The van der Waals surface area contributed by atoms with Gasteiger partial charge in [-0.3, -0.25) is 19.3 Å². The van der Waals surface area contributed by atoms with Crippen molar-refractivity contribution >= 4 is 35.5 Å². The number of carboxylic acid groups (broad SMARTS) is 1. The molecule has 0 spiro atoms. The summed E-state index contributed by atoms with van der Waals surface area (Å²) in [4.78, 5) is 57.9. The number of thioether (sulfide) groups is 1. The van der Waals surface area contributed by atoms with E-state index in [2.05, 4.69) is 31.1 Å². The zero-order chi connectivity index (χ0) is 30.4. The Balaban J connectivity index is 1.03. The third-order valence-corrected chi connectivity index (χ3v) is 11.2. The number of nitrogens with zero attached hydrogens (tertiary/aromatic N) is 7. The van der Waals surface area contributed by atoms with Gasteiger partial charge in [-0.25, -0.2) is 9.48 Å². The lowest BCUT2D eigenvalue weighted by Gasteiger charge is -2.47. The molecule has 0 bridgehead atoms. The predicted molar refractivity (Wildman–Crippen MR) is 155 cm³/mol. The number of aromatic nitrogens is 4. The molecule has 1 aromatic rings. The molecule has 0 unspecified atom stereocenters. The standard InChI is InChI=1S/C27H40N10O5S/c1-14-22-21(15(2)31-20(38)12-36-13-30-32-33-36)26(40)37(22)23(27(41)42)24(14)43-18-7-19(29-9-18)25(39)34-5-3-17(4-6-34)35-10-16(8-28)11-35/h13-19,21-22,29H,3-12,28H2,1-2H3,(H,31,38)(H,41,42)/t14-,15-,18+,19+,21-,22-/m1/s1. The number of amides is 3. The Morgan fingerprint density at radius 1 is 1.26 bits per heavy atom. The molecule has 15 nitrogen and oxygen atoms in total. The van der Waals surface area contributed by atoms with Crippen LogP contribution in [0.5, 0.6) is 0 Å². The maximum absolute atomic E-state index is 13.4. The number of β-lactam (4-membered cyclic amide) rings is 1. The van der Waals surface area contributed by atoms with Crippen LogP contribution in [0.1, 0.15) is 33.1 Å². The summed E-state index contributed by atoms with van der Waals surface area (Å²) in [5.41, 5.74) is 5.79. The lowest BCUT2D eigenvalue weighted by atomic mass is 9.78. The van der Waals surface area contributed by atoms with Crippen LogP contribution in [-0.2, 0) is 25.7 Å². The molecule has 5 aliphatic rings. The van der Waals surface area contributed by atoms with Gasteiger partial charge in [-0.15, -0.1) is 16.9 Å². The van der Waals surface area contributed by atoms with Crippen LogP contribution >= 0.6 is 11.8 Å². The summed E-state index contributed by atoms with van der Waals surface area (Å²) in [6, 6.07) is -0.630. The van der Waals surface area contributed by atoms with Crippen molar-refractivity contribution in [3.8, 4) is 0 Å². The van der Waals surface area contributed by atoms with Crippen LogP contribution in [-0.4, -0.2) is 132 Å². The minimum Gasteiger partial charge on any atom is -0.477 e. The molecule has 0 aliphatic carbocycles. The molecule has 0 aromatic carbocycles. The van der Waals surface area contributed by atoms with E-state index in [0.29, 0.717) is 29.8 Å². The lowest BCUT2D eigenvalue weighted by Crippen LogP contribution is -2.66. The van der Waals surface area contributed by atoms with Gasteiger partial charge in [-0.2, -0.15) is 0 Å². The highest BCUT2D eigenvalue weighted by Crippen LogP contribution is 2.52. The van der Waals surface area contributed by atoms with E-state index < -0.39 is 17.9 Å². The number of tetrazole rings is 1. The highest BCUT2D eigenvalue weighted by Gasteiger charge is 2.60. The second-order valence-electron chi connectivity index (χ2n) is 12.4. The van der Waals surface area contributed by atoms with E-state index in [4.69, 9.17) is 5.73 Å². The molecule has 6 rings (SSSR count). The van der Waals surface area contributed by atoms with Crippen molar-refractivity contribution in [1.29, 1.82) is 0 Å². The van der Waals surface area contributed by atoms with Crippen LogP contribution in [0, 0.1) is 17.8 Å². The zero-order valence-corrected chi connectivity index (χ0v) is 25.3. The van der Waals surface area contributed by atoms with E-state index >= 15 is 0 Å². The maximum Gasteiger partial charge on any atom is 0.353 e. The molecule has 5 aliphatic heterocycles. The molecule has 43 heavy (non-hydrogen) atoms. The second-order valence-corrected chi connectivity index (χ2v) is 13.8. The van der Waals surface area contributed by atoms with Crippen molar-refractivity contribution in [2.75, 3.05) is 39.3 Å². The smallest absolute Gasteiger partial charge is 0.353 e. The van der Waals surface area contributed by atoms with Crippen molar-refractivity contribution in [1.82, 2.24) is 45.5 Å². The SMILES string of the molecule is C[C@@H](NC(=O)Cn1cnnn1)[C@H]1C(=O)N2C(C(=O)O)=C(S[C@@H]3CN[C@H](C(=O)N4CCC(N5CC(CN)C5)CC4)C3)[C@H](C)[C@H]12. The first-order valence-electron chi connectivity index (χ1n) is 15.1. The first kappa shape index (κ1) is 30.0. The number of carboxylic acids is 1. The van der Waals surface area contributed by atoms with Crippen molar-refractivity contribution < 1.29 is 24.3 Å². The number of carbonyl (C=O) groups excluding carboxylic acids is 3. The van der Waals surface area contributed by atoms with E-state index in [1.807, 2.05) is 11.8 Å². The minimum atomic E-state index is -1.14. The molecular formula is C27H40N10O5S. The highest BCUT2D eigenvalue weighted by atomic mass is 32.2. The van der Waals surface area contributed by atoms with Crippen molar-refractivity contribution in [2.45, 2.75) is 69.1 Å². The minimum absolute atomic E-state index is 0.00763. The molecule has 0 saturated carbocycles. The van der Waals surface area contributed by atoms with Gasteiger partial charge in [0.2, 0.25) is 17.7 Å². The maximum atomic E-state index is 13.4. The largest absolute Gasteiger partial charge is 0.477 e. The van der Waals surface area contributed by atoms with Gasteiger partial charge in [0.25, 0.3) is 0 Å². The molecular weight excluding hydrogens is 576 g/mol. The topological polar surface area (TPSA) is 192 Å². The van der Waals surface area contributed by atoms with Crippen LogP contribution in [0.4, 0.5) is 0 Å². The molecule has 0 radical (unpaired) electrons. The van der Waals surface area contributed by atoms with E-state index in [0.717, 1.165) is 45.6 Å². The molecule has 4 saturated heterocycles. The Morgan fingerprint density at radius 3 is 2.65 bits per heavy atom. The van der Waals surface area contributed by atoms with Crippen LogP contribution in [0.2, 0.25) is 0 Å². The fourth-order valence-electron chi connectivity index (χ4n) is 7.38. The number of rotatable bonds is 10. The monoisotopic (exact) mass is 616 g/mol. The summed E-state index contributed by atoms with van der Waals surface area (Å²) < 4.78 is 1.29. The number of piperidine rings is 1. The van der Waals surface area contributed by atoms with E-state index in [-0.39, 0.29) is 53.2 Å². The predicted octanol–water partition coefficient (Wildman–Crippen LogP) is -1.70. The van der Waals surface area contributed by atoms with Gasteiger partial charge >= 0.3 is 5.97 Å². The summed E-state index contributed by atoms with van der Waals surface area (Å²) in [5, 5.41) is 27.0. The third kappa shape index (κ3) is 5.65. The third-order valence-electron chi connectivity index (χ3n) is 9.71. The van der Waals surface area contributed by atoms with E-state index in [1.54, 1.807) is 6.92 Å². The van der Waals surface area contributed by atoms with Crippen LogP contribution in [0.25, 0.3) is 0 Å². The van der Waals surface area contributed by atoms with Gasteiger partial charge in [0.05, 0.1) is 18.0 Å². The number of hydrogen-bond donors (Lipinski definition) is 4. The average Bonchev–Trinajstić information content (AvgIpc) is 3.68. The molecule has 5 N–H and O–H groups in total. The number of nitrogens with two attached hydrogens (primary N) is 1. The molecule has 3 amide bonds. The van der Waals surface area contributed by atoms with Crippen LogP contribution in [0.3, 0.4) is 0 Å². The zero-order valence-electron chi connectivity index (χ0n) is 24.5. The summed E-state index contributed by atoms with van der Waals surface area (Å²) in [7, 11) is 0. The molecule has 1 aromatic heterocycles. The highest BCUT2D eigenvalue weighted by molar-refractivity contribution is 8.03. The van der Waals surface area contributed by atoms with Gasteiger partial charge < -0.3 is 31.3 Å². The summed E-state index contributed by atoms with van der Waals surface area (Å²) >= 11 is 1.47. The average molecular weight is 617 g/mol. The Kier molecular flexibility index (Phi) is 8.45. The van der Waals surface area contributed by atoms with Gasteiger partial charge in [0, 0.05) is 60.9 Å². The Bertz CT molecular complexity index is 1280. The van der Waals surface area contributed by atoms with E-state index in [9.17, 15) is 24.3 Å². The van der Waals surface area contributed by atoms with Gasteiger partial charge in [-0.1, -0.05) is 6.92 Å². The molecule has 234 valence electrons. The van der Waals surface area contributed by atoms with Gasteiger partial charge in [-0.05, 0) is 49.1 Å². The summed E-state index contributed by atoms with van der Waals surface area (Å²) in [6.45, 7) is 8.56. The van der Waals surface area contributed by atoms with Gasteiger partial charge in [0.15, 0.2) is 0 Å². The number of nitrogens with one attached hydrogen (secondary N) is 2. The molecule has 6 atom stereocenters. The summed E-state index contributed by atoms with van der Waals surface area (Å²) in [6.07, 6.45) is 3.88. The number of likely N-dealkylation sites (tertiary alicyclic amines) is 2. The first-order chi connectivity index (χ1) is 20.7. The van der Waals surface area contributed by atoms with Crippen molar-refractivity contribution in [2.24, 2.45) is 23.5 Å². The van der Waals surface area contributed by atoms with Crippen LogP contribution < -0.4 is 16.4 Å². The number of fused-ring (bicyclic) bond motifs is 1. The number of hydrogen-bond acceptors (Lipinski definition) is 11. The molecule has 4 fully saturated rings. The quantitative estimate of drug-likeness (QED) is 0.218. The molecule has 6 heterocycles. The van der Waals surface area contributed by atoms with Crippen molar-refractivity contribution in [3.63, 3.8) is 0 Å². The fraction of sp³-hybridized carbons (Fsp3) is 0.741. The number of aliphatic carboxylic acids is 1. The second kappa shape index (κ2) is 12.1. The lowest BCUT2D eigenvalue weighted by molar-refractivity contribution is -0.158. The van der Waals surface area contributed by atoms with Crippen molar-refractivity contribution in [3.05, 3.63) is 16.9 Å². The normalized spacial score (nSPS) is 30.7. The Morgan fingerprint density at radius 2 is 2.00 bits per heavy atom. The van der Waals surface area contributed by atoms with Crippen LogP contribution in [0.15, 0.2) is 16.9 Å².